The summed E-state index contributed by atoms with van der Waals surface area (Å²) in [5.74, 6) is 0.192. The lowest BCUT2D eigenvalue weighted by atomic mass is 10.3. The molecule has 0 aliphatic heterocycles. The van der Waals surface area contributed by atoms with E-state index in [2.05, 4.69) is 38.0 Å². The molecule has 0 unspecified atom stereocenters. The molecular formula is C12H27N3O. The number of carbonyl (C=O) groups excluding carboxylic acids is 1. The van der Waals surface area contributed by atoms with E-state index in [4.69, 9.17) is 0 Å². The first kappa shape index (κ1) is 15.4. The molecule has 96 valence electrons. The summed E-state index contributed by atoms with van der Waals surface area (Å²) in [6.07, 6.45) is 2.10. The molecule has 4 heteroatoms. The van der Waals surface area contributed by atoms with Gasteiger partial charge in [0.05, 0.1) is 0 Å². The Labute approximate surface area is 100 Å². The molecule has 0 fully saturated rings. The van der Waals surface area contributed by atoms with Crippen LogP contribution in [0.3, 0.4) is 0 Å². The smallest absolute Gasteiger partial charge is 0.219 e. The highest BCUT2D eigenvalue weighted by Gasteiger charge is 2.07. The fourth-order valence-electron chi connectivity index (χ4n) is 1.58. The van der Waals surface area contributed by atoms with Gasteiger partial charge in [-0.05, 0) is 54.1 Å². The first-order valence-electron chi connectivity index (χ1n) is 5.98. The zero-order valence-corrected chi connectivity index (χ0v) is 11.5. The van der Waals surface area contributed by atoms with Gasteiger partial charge in [-0.15, -0.1) is 0 Å². The van der Waals surface area contributed by atoms with Crippen molar-refractivity contribution in [2.75, 3.05) is 54.4 Å². The Hall–Kier alpha value is -0.610. The lowest BCUT2D eigenvalue weighted by Crippen LogP contribution is -2.33. The zero-order valence-electron chi connectivity index (χ0n) is 11.5. The molecule has 0 rings (SSSR count). The van der Waals surface area contributed by atoms with Gasteiger partial charge in [0.1, 0.15) is 0 Å². The number of nitrogens with zero attached hydrogens (tertiary/aromatic N) is 3. The van der Waals surface area contributed by atoms with Crippen LogP contribution in [0.15, 0.2) is 0 Å². The van der Waals surface area contributed by atoms with E-state index in [1.54, 1.807) is 6.92 Å². The molecular weight excluding hydrogens is 202 g/mol. The molecule has 0 aromatic rings. The van der Waals surface area contributed by atoms with Crippen molar-refractivity contribution in [1.82, 2.24) is 14.7 Å². The summed E-state index contributed by atoms with van der Waals surface area (Å²) in [6, 6.07) is 0. The third-order valence-corrected chi connectivity index (χ3v) is 2.51. The Morgan fingerprint density at radius 1 is 0.812 bits per heavy atom. The van der Waals surface area contributed by atoms with E-state index in [1.165, 1.54) is 0 Å². The van der Waals surface area contributed by atoms with E-state index in [0.29, 0.717) is 0 Å². The van der Waals surface area contributed by atoms with E-state index in [0.717, 1.165) is 39.0 Å². The Kier molecular flexibility index (Phi) is 8.21. The predicted octanol–water partition coefficient (Wildman–Crippen LogP) is 0.738. The second kappa shape index (κ2) is 8.53. The minimum atomic E-state index is 0.192. The highest BCUT2D eigenvalue weighted by atomic mass is 16.2. The Morgan fingerprint density at radius 2 is 1.19 bits per heavy atom. The Bertz CT molecular complexity index is 179. The molecule has 0 aromatic heterocycles. The van der Waals surface area contributed by atoms with E-state index >= 15 is 0 Å². The van der Waals surface area contributed by atoms with Crippen LogP contribution in [-0.4, -0.2) is 75.0 Å². The van der Waals surface area contributed by atoms with Crippen LogP contribution >= 0.6 is 0 Å². The average molecular weight is 229 g/mol. The van der Waals surface area contributed by atoms with Gasteiger partial charge >= 0.3 is 0 Å². The van der Waals surface area contributed by atoms with Crippen molar-refractivity contribution in [1.29, 1.82) is 0 Å². The van der Waals surface area contributed by atoms with Crippen molar-refractivity contribution in [2.24, 2.45) is 0 Å². The summed E-state index contributed by atoms with van der Waals surface area (Å²) in [6.45, 7) is 5.49. The molecule has 0 heterocycles. The number of hydrogen-bond donors (Lipinski definition) is 0. The van der Waals surface area contributed by atoms with Crippen molar-refractivity contribution < 1.29 is 4.79 Å². The Morgan fingerprint density at radius 3 is 1.44 bits per heavy atom. The summed E-state index contributed by atoms with van der Waals surface area (Å²) in [7, 11) is 8.24. The second-order valence-corrected chi connectivity index (χ2v) is 4.82. The molecule has 16 heavy (non-hydrogen) atoms. The number of rotatable bonds is 8. The molecule has 1 amide bonds. The van der Waals surface area contributed by atoms with Crippen molar-refractivity contribution in [3.8, 4) is 0 Å². The molecule has 0 saturated heterocycles. The molecule has 0 spiro atoms. The van der Waals surface area contributed by atoms with E-state index in [1.807, 2.05) is 4.90 Å². The highest BCUT2D eigenvalue weighted by molar-refractivity contribution is 5.73. The summed E-state index contributed by atoms with van der Waals surface area (Å²) < 4.78 is 0. The maximum atomic E-state index is 11.4. The molecule has 0 atom stereocenters. The molecule has 0 saturated carbocycles. The number of amides is 1. The van der Waals surface area contributed by atoms with Crippen molar-refractivity contribution in [3.63, 3.8) is 0 Å². The Balaban J connectivity index is 3.76. The lowest BCUT2D eigenvalue weighted by molar-refractivity contribution is -0.129. The van der Waals surface area contributed by atoms with E-state index < -0.39 is 0 Å². The SMILES string of the molecule is CC(=O)N(CCCN(C)C)CCCN(C)C. The van der Waals surface area contributed by atoms with Gasteiger partial charge in [-0.3, -0.25) is 4.79 Å². The monoisotopic (exact) mass is 229 g/mol. The van der Waals surface area contributed by atoms with Crippen LogP contribution in [0.4, 0.5) is 0 Å². The molecule has 0 aromatic carbocycles. The third kappa shape index (κ3) is 8.68. The van der Waals surface area contributed by atoms with Gasteiger partial charge in [-0.2, -0.15) is 0 Å². The normalized spacial score (nSPS) is 11.2. The van der Waals surface area contributed by atoms with Crippen LogP contribution in [0.25, 0.3) is 0 Å². The van der Waals surface area contributed by atoms with Crippen molar-refractivity contribution in [3.05, 3.63) is 0 Å². The minimum Gasteiger partial charge on any atom is -0.343 e. The zero-order chi connectivity index (χ0) is 12.6. The lowest BCUT2D eigenvalue weighted by Gasteiger charge is -2.22. The number of hydrogen-bond acceptors (Lipinski definition) is 3. The van der Waals surface area contributed by atoms with Crippen LogP contribution in [0.5, 0.6) is 0 Å². The molecule has 0 aliphatic carbocycles. The average Bonchev–Trinajstić information content (AvgIpc) is 2.14. The summed E-state index contributed by atoms with van der Waals surface area (Å²) in [4.78, 5) is 17.6. The van der Waals surface area contributed by atoms with Crippen LogP contribution in [0.1, 0.15) is 19.8 Å². The fraction of sp³-hybridized carbons (Fsp3) is 0.917. The third-order valence-electron chi connectivity index (χ3n) is 2.51. The van der Waals surface area contributed by atoms with E-state index in [9.17, 15) is 4.79 Å². The topological polar surface area (TPSA) is 26.8 Å². The number of carbonyl (C=O) groups is 1. The van der Waals surface area contributed by atoms with Crippen molar-refractivity contribution in [2.45, 2.75) is 19.8 Å². The molecule has 0 aliphatic rings. The van der Waals surface area contributed by atoms with Gasteiger partial charge in [-0.25, -0.2) is 0 Å². The van der Waals surface area contributed by atoms with Gasteiger partial charge in [0.2, 0.25) is 5.91 Å². The van der Waals surface area contributed by atoms with Crippen LogP contribution in [0.2, 0.25) is 0 Å². The molecule has 4 nitrogen and oxygen atoms in total. The van der Waals surface area contributed by atoms with Crippen LogP contribution < -0.4 is 0 Å². The van der Waals surface area contributed by atoms with Crippen molar-refractivity contribution >= 4 is 5.91 Å². The molecule has 0 N–H and O–H groups in total. The maximum Gasteiger partial charge on any atom is 0.219 e. The van der Waals surface area contributed by atoms with E-state index in [-0.39, 0.29) is 5.91 Å². The maximum absolute atomic E-state index is 11.4. The molecule has 0 radical (unpaired) electrons. The van der Waals surface area contributed by atoms with Gasteiger partial charge in [0, 0.05) is 20.0 Å². The molecule has 0 bridgehead atoms. The van der Waals surface area contributed by atoms with Crippen LogP contribution in [0, 0.1) is 0 Å². The highest BCUT2D eigenvalue weighted by Crippen LogP contribution is 1.97. The van der Waals surface area contributed by atoms with Gasteiger partial charge in [-0.1, -0.05) is 0 Å². The standard InChI is InChI=1S/C12H27N3O/c1-12(16)15(10-6-8-13(2)3)11-7-9-14(4)5/h6-11H2,1-5H3. The summed E-state index contributed by atoms with van der Waals surface area (Å²) in [5.41, 5.74) is 0. The summed E-state index contributed by atoms with van der Waals surface area (Å²) >= 11 is 0. The van der Waals surface area contributed by atoms with Gasteiger partial charge in [0.25, 0.3) is 0 Å². The first-order chi connectivity index (χ1) is 7.43. The fourth-order valence-corrected chi connectivity index (χ4v) is 1.58. The van der Waals surface area contributed by atoms with Crippen LogP contribution in [-0.2, 0) is 4.79 Å². The predicted molar refractivity (Wildman–Crippen MR) is 68.6 cm³/mol. The first-order valence-corrected chi connectivity index (χ1v) is 5.98. The quantitative estimate of drug-likeness (QED) is 0.614. The minimum absolute atomic E-state index is 0.192. The van der Waals surface area contributed by atoms with Gasteiger partial charge < -0.3 is 14.7 Å². The summed E-state index contributed by atoms with van der Waals surface area (Å²) in [5, 5.41) is 0. The van der Waals surface area contributed by atoms with Gasteiger partial charge in [0.15, 0.2) is 0 Å². The largest absolute Gasteiger partial charge is 0.343 e. The second-order valence-electron chi connectivity index (χ2n) is 4.82.